The van der Waals surface area contributed by atoms with Gasteiger partial charge in [-0.15, -0.1) is 0 Å². The maximum Gasteiger partial charge on any atom is 0.289 e. The molecule has 0 spiro atoms. The van der Waals surface area contributed by atoms with Crippen molar-refractivity contribution in [1.82, 2.24) is 4.90 Å². The third-order valence-electron chi connectivity index (χ3n) is 4.92. The summed E-state index contributed by atoms with van der Waals surface area (Å²) in [6.45, 7) is 0.275. The lowest BCUT2D eigenvalue weighted by Crippen LogP contribution is -2.33. The lowest BCUT2D eigenvalue weighted by Gasteiger charge is -2.18. The summed E-state index contributed by atoms with van der Waals surface area (Å²) in [5.74, 6) is -0.922. The van der Waals surface area contributed by atoms with Gasteiger partial charge < -0.3 is 9.32 Å². The van der Waals surface area contributed by atoms with Gasteiger partial charge in [-0.25, -0.2) is 12.8 Å². The highest BCUT2D eigenvalue weighted by Gasteiger charge is 2.34. The molecule has 0 aliphatic carbocycles. The molecule has 4 rings (SSSR count). The number of carbonyl (C=O) groups is 1. The van der Waals surface area contributed by atoms with Crippen LogP contribution in [0.5, 0.6) is 0 Å². The smallest absolute Gasteiger partial charge is 0.289 e. The van der Waals surface area contributed by atoms with E-state index in [-0.39, 0.29) is 42.5 Å². The Hall–Kier alpha value is -2.67. The molecule has 0 radical (unpaired) electrons. The van der Waals surface area contributed by atoms with Crippen molar-refractivity contribution in [3.05, 3.63) is 71.7 Å². The van der Waals surface area contributed by atoms with Gasteiger partial charge in [0.1, 0.15) is 11.4 Å². The summed E-state index contributed by atoms with van der Waals surface area (Å²) in [5, 5.41) is -0.139. The number of hydrogen-bond donors (Lipinski definition) is 0. The molecule has 1 atom stereocenters. The Morgan fingerprint density at radius 2 is 1.81 bits per heavy atom. The van der Waals surface area contributed by atoms with Crippen molar-refractivity contribution in [3.8, 4) is 0 Å². The van der Waals surface area contributed by atoms with E-state index in [1.165, 1.54) is 23.1 Å². The zero-order chi connectivity index (χ0) is 19.0. The number of furan rings is 1. The van der Waals surface area contributed by atoms with Crippen molar-refractivity contribution in [2.45, 2.75) is 11.7 Å². The quantitative estimate of drug-likeness (QED) is 0.674. The molecule has 2 heterocycles. The van der Waals surface area contributed by atoms with Crippen LogP contribution in [0, 0.1) is 5.82 Å². The van der Waals surface area contributed by atoms with Gasteiger partial charge in [0.15, 0.2) is 15.6 Å². The van der Waals surface area contributed by atoms with E-state index in [9.17, 15) is 17.6 Å². The molecule has 1 aliphatic heterocycles. The molecule has 1 aromatic heterocycles. The lowest BCUT2D eigenvalue weighted by atomic mass is 10.1. The minimum atomic E-state index is -3.57. The predicted octanol–water partition coefficient (Wildman–Crippen LogP) is 3.57. The largest absolute Gasteiger partial charge is 0.451 e. The molecular formula is C20H18FNO4S. The predicted molar refractivity (Wildman–Crippen MR) is 99.7 cm³/mol. The maximum atomic E-state index is 14.1. The number of rotatable bonds is 2. The van der Waals surface area contributed by atoms with E-state index in [1.54, 1.807) is 18.2 Å². The van der Waals surface area contributed by atoms with Crippen LogP contribution >= 0.6 is 0 Å². The number of halogens is 1. The second-order valence-electron chi connectivity index (χ2n) is 6.61. The van der Waals surface area contributed by atoms with E-state index in [1.807, 2.05) is 18.2 Å². The molecule has 0 saturated carbocycles. The molecule has 1 unspecified atom stereocenters. The van der Waals surface area contributed by atoms with Gasteiger partial charge in [0.2, 0.25) is 0 Å². The number of nitrogens with zero attached hydrogens (tertiary/aromatic N) is 1. The Bertz CT molecular complexity index is 1070. The Morgan fingerprint density at radius 3 is 2.59 bits per heavy atom. The average Bonchev–Trinajstić information content (AvgIpc) is 3.02. The number of hydrogen-bond acceptors (Lipinski definition) is 4. The van der Waals surface area contributed by atoms with Gasteiger partial charge in [0, 0.05) is 24.0 Å². The number of fused-ring (bicyclic) bond motifs is 1. The Kier molecular flexibility index (Phi) is 4.47. The average molecular weight is 387 g/mol. The highest BCUT2D eigenvalue weighted by molar-refractivity contribution is 7.91. The molecule has 27 heavy (non-hydrogen) atoms. The molecule has 5 nitrogen and oxygen atoms in total. The van der Waals surface area contributed by atoms with E-state index >= 15 is 0 Å². The number of sulfone groups is 1. The first-order valence-electron chi connectivity index (χ1n) is 8.69. The van der Waals surface area contributed by atoms with Gasteiger partial charge in [0.25, 0.3) is 5.91 Å². The summed E-state index contributed by atoms with van der Waals surface area (Å²) in [6, 6.07) is 14.8. The van der Waals surface area contributed by atoms with Crippen molar-refractivity contribution in [1.29, 1.82) is 0 Å². The van der Waals surface area contributed by atoms with Crippen molar-refractivity contribution in [2.24, 2.45) is 0 Å². The van der Waals surface area contributed by atoms with Gasteiger partial charge in [-0.2, -0.15) is 0 Å². The molecule has 0 N–H and O–H groups in total. The van der Waals surface area contributed by atoms with E-state index in [2.05, 4.69) is 0 Å². The minimum absolute atomic E-state index is 0.0587. The van der Waals surface area contributed by atoms with Crippen LogP contribution in [-0.4, -0.2) is 38.1 Å². The van der Waals surface area contributed by atoms with Gasteiger partial charge >= 0.3 is 0 Å². The third-order valence-corrected chi connectivity index (χ3v) is 7.02. The molecule has 1 saturated heterocycles. The molecule has 3 aromatic rings. The first-order valence-corrected chi connectivity index (χ1v) is 10.4. The molecule has 140 valence electrons. The van der Waals surface area contributed by atoms with Gasteiger partial charge in [-0.1, -0.05) is 36.4 Å². The first-order chi connectivity index (χ1) is 13.0. The highest BCUT2D eigenvalue weighted by Crippen LogP contribution is 2.31. The van der Waals surface area contributed by atoms with Crippen molar-refractivity contribution >= 4 is 26.7 Å². The van der Waals surface area contributed by atoms with Crippen molar-refractivity contribution < 1.29 is 22.0 Å². The van der Waals surface area contributed by atoms with Crippen LogP contribution in [0.15, 0.2) is 59.0 Å². The number of amides is 1. The van der Waals surface area contributed by atoms with E-state index < -0.39 is 20.9 Å². The van der Waals surface area contributed by atoms with E-state index in [0.29, 0.717) is 5.58 Å². The summed E-state index contributed by atoms with van der Waals surface area (Å²) in [4.78, 5) is 14.3. The second kappa shape index (κ2) is 6.81. The Morgan fingerprint density at radius 1 is 1.07 bits per heavy atom. The minimum Gasteiger partial charge on any atom is -0.451 e. The van der Waals surface area contributed by atoms with Gasteiger partial charge in [-0.3, -0.25) is 4.79 Å². The standard InChI is InChI=1S/C20H18FNO4S/c21-16-7-3-2-6-15(16)19-9-10-22(11-12-27(19,24)25)20(23)18-13-14-5-1-4-8-17(14)26-18/h1-8,13,19H,9-12H2. The molecule has 7 heteroatoms. The molecular weight excluding hydrogens is 369 g/mol. The van der Waals surface area contributed by atoms with Crippen LogP contribution in [0.1, 0.15) is 27.8 Å². The maximum absolute atomic E-state index is 14.1. The highest BCUT2D eigenvalue weighted by atomic mass is 32.2. The molecule has 1 amide bonds. The zero-order valence-electron chi connectivity index (χ0n) is 14.5. The Labute approximate surface area is 156 Å². The molecule has 1 aliphatic rings. The summed E-state index contributed by atoms with van der Waals surface area (Å²) in [6.07, 6.45) is 0.148. The van der Waals surface area contributed by atoms with Crippen molar-refractivity contribution in [2.75, 3.05) is 18.8 Å². The second-order valence-corrected chi connectivity index (χ2v) is 8.91. The SMILES string of the molecule is O=C(c1cc2ccccc2o1)N1CCC(c2ccccc2F)S(=O)(=O)CC1. The van der Waals surface area contributed by atoms with Crippen LogP contribution in [0.4, 0.5) is 4.39 Å². The molecule has 0 bridgehead atoms. The molecule has 2 aromatic carbocycles. The first kappa shape index (κ1) is 17.7. The normalized spacial score (nSPS) is 19.7. The monoisotopic (exact) mass is 387 g/mol. The summed E-state index contributed by atoms with van der Waals surface area (Å²) >= 11 is 0. The van der Waals surface area contributed by atoms with Crippen LogP contribution in [0.25, 0.3) is 11.0 Å². The number of carbonyl (C=O) groups excluding carboxylic acids is 1. The Balaban J connectivity index is 1.60. The van der Waals surface area contributed by atoms with Crippen LogP contribution in [-0.2, 0) is 9.84 Å². The zero-order valence-corrected chi connectivity index (χ0v) is 15.3. The van der Waals surface area contributed by atoms with E-state index in [0.717, 1.165) is 5.39 Å². The fourth-order valence-electron chi connectivity index (χ4n) is 3.48. The van der Waals surface area contributed by atoms with Crippen LogP contribution in [0.3, 0.4) is 0 Å². The fraction of sp³-hybridized carbons (Fsp3) is 0.250. The molecule has 1 fully saturated rings. The van der Waals surface area contributed by atoms with Crippen molar-refractivity contribution in [3.63, 3.8) is 0 Å². The van der Waals surface area contributed by atoms with Crippen LogP contribution in [0.2, 0.25) is 0 Å². The van der Waals surface area contributed by atoms with Gasteiger partial charge in [0.05, 0.1) is 11.0 Å². The lowest BCUT2D eigenvalue weighted by molar-refractivity contribution is 0.0737. The van der Waals surface area contributed by atoms with Crippen LogP contribution < -0.4 is 0 Å². The number of benzene rings is 2. The summed E-state index contributed by atoms with van der Waals surface area (Å²) in [7, 11) is -3.57. The summed E-state index contributed by atoms with van der Waals surface area (Å²) in [5.41, 5.74) is 0.767. The summed E-state index contributed by atoms with van der Waals surface area (Å²) < 4.78 is 45.1. The fourth-order valence-corrected chi connectivity index (χ4v) is 5.28. The van der Waals surface area contributed by atoms with Gasteiger partial charge in [-0.05, 0) is 24.6 Å². The third kappa shape index (κ3) is 3.35. The topological polar surface area (TPSA) is 67.6 Å². The van der Waals surface area contributed by atoms with E-state index in [4.69, 9.17) is 4.42 Å². The number of para-hydroxylation sites is 1.